The molecule has 0 amide bonds. The van der Waals surface area contributed by atoms with Gasteiger partial charge in [0.25, 0.3) is 0 Å². The fourth-order valence-corrected chi connectivity index (χ4v) is 1.67. The summed E-state index contributed by atoms with van der Waals surface area (Å²) in [6, 6.07) is 5.39. The number of hydrogen-bond acceptors (Lipinski definition) is 6. The Kier molecular flexibility index (Phi) is 5.16. The monoisotopic (exact) mass is 293 g/mol. The molecule has 0 atom stereocenters. The molecule has 1 saturated carbocycles. The lowest BCUT2D eigenvalue weighted by Gasteiger charge is -2.12. The maximum atomic E-state index is 11.5. The summed E-state index contributed by atoms with van der Waals surface area (Å²) in [5, 5.41) is 8.84. The topological polar surface area (TPSA) is 77.4 Å². The minimum atomic E-state index is -0.743. The Labute approximate surface area is 123 Å². The second-order valence-electron chi connectivity index (χ2n) is 4.88. The quantitative estimate of drug-likeness (QED) is 0.508. The Morgan fingerprint density at radius 3 is 2.81 bits per heavy atom. The fraction of sp³-hybridized carbons (Fsp3) is 0.467. The minimum Gasteiger partial charge on any atom is -0.493 e. The number of benzene rings is 1. The molecule has 21 heavy (non-hydrogen) atoms. The van der Waals surface area contributed by atoms with Gasteiger partial charge in [0.2, 0.25) is 0 Å². The van der Waals surface area contributed by atoms with Gasteiger partial charge in [0.05, 0.1) is 13.7 Å². The third-order valence-corrected chi connectivity index (χ3v) is 3.12. The zero-order chi connectivity index (χ0) is 15.2. The molecule has 0 aromatic heterocycles. The van der Waals surface area contributed by atoms with Crippen molar-refractivity contribution < 1.29 is 24.1 Å². The molecule has 1 aromatic carbocycles. The van der Waals surface area contributed by atoms with Crippen LogP contribution in [0.2, 0.25) is 0 Å². The summed E-state index contributed by atoms with van der Waals surface area (Å²) >= 11 is 0. The third kappa shape index (κ3) is 4.46. The second-order valence-corrected chi connectivity index (χ2v) is 4.88. The highest BCUT2D eigenvalue weighted by Crippen LogP contribution is 2.31. The number of carbonyl (C=O) groups excluding carboxylic acids is 1. The molecule has 0 saturated heterocycles. The molecule has 0 spiro atoms. The van der Waals surface area contributed by atoms with E-state index in [2.05, 4.69) is 9.73 Å². The molecule has 0 unspecified atom stereocenters. The number of carbonyl (C=O) groups is 1. The van der Waals surface area contributed by atoms with Crippen LogP contribution in [0.25, 0.3) is 0 Å². The van der Waals surface area contributed by atoms with Crippen molar-refractivity contribution >= 4 is 11.9 Å². The van der Waals surface area contributed by atoms with Crippen molar-refractivity contribution in [3.63, 3.8) is 0 Å². The molecule has 1 aromatic rings. The van der Waals surface area contributed by atoms with Gasteiger partial charge >= 0.3 is 11.9 Å². The number of nitrogens with zero attached hydrogens (tertiary/aromatic N) is 1. The molecule has 1 N–H and O–H groups in total. The predicted octanol–water partition coefficient (Wildman–Crippen LogP) is 1.68. The van der Waals surface area contributed by atoms with E-state index >= 15 is 0 Å². The summed E-state index contributed by atoms with van der Waals surface area (Å²) < 4.78 is 15.7. The van der Waals surface area contributed by atoms with Gasteiger partial charge < -0.3 is 19.3 Å². The molecule has 114 valence electrons. The van der Waals surface area contributed by atoms with Gasteiger partial charge in [-0.05, 0) is 37.3 Å². The van der Waals surface area contributed by atoms with E-state index in [9.17, 15) is 4.79 Å². The molecule has 0 bridgehead atoms. The van der Waals surface area contributed by atoms with E-state index in [1.807, 2.05) is 19.1 Å². The Bertz CT molecular complexity index is 537. The van der Waals surface area contributed by atoms with Gasteiger partial charge in [-0.15, -0.1) is 0 Å². The van der Waals surface area contributed by atoms with E-state index in [-0.39, 0.29) is 5.90 Å². The standard InChI is InChI=1S/C15H19NO5/c1-10-3-6-12(20-8-11-4-5-11)7-13(10)21-14(16-9-17)15(18)19-2/h3,6-7,11,17H,4-5,8-9H2,1-2H3/b16-14-. The summed E-state index contributed by atoms with van der Waals surface area (Å²) in [6.07, 6.45) is 2.43. The van der Waals surface area contributed by atoms with Crippen LogP contribution in [0.5, 0.6) is 11.5 Å². The molecule has 6 nitrogen and oxygen atoms in total. The Hall–Kier alpha value is -2.08. The van der Waals surface area contributed by atoms with Gasteiger partial charge in [0.15, 0.2) is 0 Å². The van der Waals surface area contributed by atoms with Gasteiger partial charge in [0.1, 0.15) is 18.2 Å². The first-order valence-corrected chi connectivity index (χ1v) is 6.79. The van der Waals surface area contributed by atoms with Crippen LogP contribution >= 0.6 is 0 Å². The SMILES string of the molecule is COC(=O)/C(=N/CO)Oc1cc(OCC2CC2)ccc1C. The Morgan fingerprint density at radius 1 is 1.43 bits per heavy atom. The van der Waals surface area contributed by atoms with Crippen molar-refractivity contribution in [1.29, 1.82) is 0 Å². The first-order chi connectivity index (χ1) is 10.1. The molecule has 0 radical (unpaired) electrons. The van der Waals surface area contributed by atoms with Crippen LogP contribution in [0.4, 0.5) is 0 Å². The smallest absolute Gasteiger partial charge is 0.394 e. The molecule has 1 fully saturated rings. The summed E-state index contributed by atoms with van der Waals surface area (Å²) in [5.41, 5.74) is 0.823. The summed E-state index contributed by atoms with van der Waals surface area (Å²) in [4.78, 5) is 15.1. The van der Waals surface area contributed by atoms with Crippen LogP contribution in [-0.2, 0) is 9.53 Å². The second kappa shape index (κ2) is 7.08. The van der Waals surface area contributed by atoms with Crippen molar-refractivity contribution in [1.82, 2.24) is 0 Å². The highest BCUT2D eigenvalue weighted by Gasteiger charge is 2.22. The van der Waals surface area contributed by atoms with E-state index in [0.29, 0.717) is 24.0 Å². The third-order valence-electron chi connectivity index (χ3n) is 3.12. The van der Waals surface area contributed by atoms with Crippen molar-refractivity contribution in [2.45, 2.75) is 19.8 Å². The zero-order valence-electron chi connectivity index (χ0n) is 12.2. The van der Waals surface area contributed by atoms with Gasteiger partial charge in [-0.2, -0.15) is 0 Å². The van der Waals surface area contributed by atoms with E-state index in [0.717, 1.165) is 5.56 Å². The molecule has 0 heterocycles. The zero-order valence-corrected chi connectivity index (χ0v) is 12.2. The maximum absolute atomic E-state index is 11.5. The van der Waals surface area contributed by atoms with Gasteiger partial charge in [-0.1, -0.05) is 6.07 Å². The average molecular weight is 293 g/mol. The number of hydrogen-bond donors (Lipinski definition) is 1. The van der Waals surface area contributed by atoms with E-state index in [4.69, 9.17) is 14.6 Å². The lowest BCUT2D eigenvalue weighted by atomic mass is 10.2. The van der Waals surface area contributed by atoms with Crippen LogP contribution in [-0.4, -0.2) is 37.4 Å². The van der Waals surface area contributed by atoms with Crippen LogP contribution in [0.3, 0.4) is 0 Å². The highest BCUT2D eigenvalue weighted by molar-refractivity contribution is 6.33. The van der Waals surface area contributed by atoms with Crippen molar-refractivity contribution in [2.24, 2.45) is 10.9 Å². The van der Waals surface area contributed by atoms with Crippen LogP contribution in [0.15, 0.2) is 23.2 Å². The molecule has 1 aliphatic rings. The van der Waals surface area contributed by atoms with Crippen molar-refractivity contribution in [2.75, 3.05) is 20.4 Å². The molecular weight excluding hydrogens is 274 g/mol. The van der Waals surface area contributed by atoms with Crippen molar-refractivity contribution in [3.05, 3.63) is 23.8 Å². The number of aliphatic imine (C=N–C) groups is 1. The fourth-order valence-electron chi connectivity index (χ4n) is 1.67. The molecule has 0 aliphatic heterocycles. The van der Waals surface area contributed by atoms with Gasteiger partial charge in [-0.3, -0.25) is 0 Å². The van der Waals surface area contributed by atoms with Gasteiger partial charge in [0, 0.05) is 6.07 Å². The predicted molar refractivity (Wildman–Crippen MR) is 76.6 cm³/mol. The number of ether oxygens (including phenoxy) is 3. The van der Waals surface area contributed by atoms with Crippen LogP contribution < -0.4 is 9.47 Å². The van der Waals surface area contributed by atoms with Crippen LogP contribution in [0.1, 0.15) is 18.4 Å². The van der Waals surface area contributed by atoms with Crippen LogP contribution in [0, 0.1) is 12.8 Å². The highest BCUT2D eigenvalue weighted by atomic mass is 16.6. The van der Waals surface area contributed by atoms with E-state index < -0.39 is 12.7 Å². The lowest BCUT2D eigenvalue weighted by molar-refractivity contribution is -0.133. The van der Waals surface area contributed by atoms with Gasteiger partial charge in [-0.25, -0.2) is 9.79 Å². The van der Waals surface area contributed by atoms with E-state index in [1.54, 1.807) is 6.07 Å². The number of aliphatic hydroxyl groups excluding tert-OH is 1. The molecule has 6 heteroatoms. The summed E-state index contributed by atoms with van der Waals surface area (Å²) in [6.45, 7) is 1.98. The minimum absolute atomic E-state index is 0.289. The Morgan fingerprint density at radius 2 is 2.19 bits per heavy atom. The largest absolute Gasteiger partial charge is 0.493 e. The normalized spacial score (nSPS) is 14.7. The average Bonchev–Trinajstić information content (AvgIpc) is 3.30. The molecule has 2 rings (SSSR count). The lowest BCUT2D eigenvalue weighted by Crippen LogP contribution is -2.23. The summed E-state index contributed by atoms with van der Waals surface area (Å²) in [7, 11) is 1.22. The number of esters is 1. The number of rotatable bonds is 5. The summed E-state index contributed by atoms with van der Waals surface area (Å²) in [5.74, 6) is 0.740. The first-order valence-electron chi connectivity index (χ1n) is 6.79. The number of aliphatic hydroxyl groups is 1. The molecular formula is C15H19NO5. The maximum Gasteiger partial charge on any atom is 0.394 e. The van der Waals surface area contributed by atoms with E-state index in [1.165, 1.54) is 20.0 Å². The molecule has 1 aliphatic carbocycles. The number of methoxy groups -OCH3 is 1. The first kappa shape index (κ1) is 15.3. The van der Waals surface area contributed by atoms with Crippen molar-refractivity contribution in [3.8, 4) is 11.5 Å². The Balaban J connectivity index is 2.10. The number of aryl methyl sites for hydroxylation is 1.